The minimum absolute atomic E-state index is 0.0274. The zero-order valence-electron chi connectivity index (χ0n) is 14.4. The van der Waals surface area contributed by atoms with Gasteiger partial charge in [0.1, 0.15) is 5.82 Å². The van der Waals surface area contributed by atoms with Crippen molar-refractivity contribution in [3.8, 4) is 0 Å². The van der Waals surface area contributed by atoms with Gasteiger partial charge in [-0.3, -0.25) is 4.79 Å². The van der Waals surface area contributed by atoms with Gasteiger partial charge >= 0.3 is 6.18 Å². The van der Waals surface area contributed by atoms with Gasteiger partial charge in [0, 0.05) is 57.2 Å². The van der Waals surface area contributed by atoms with Crippen molar-refractivity contribution >= 4 is 11.7 Å². The highest BCUT2D eigenvalue weighted by Crippen LogP contribution is 2.29. The number of hydrogen-bond acceptors (Lipinski definition) is 4. The van der Waals surface area contributed by atoms with E-state index in [1.807, 2.05) is 22.6 Å². The molecule has 6 nitrogen and oxygen atoms in total. The van der Waals surface area contributed by atoms with Gasteiger partial charge in [-0.05, 0) is 19.1 Å². The third-order valence-corrected chi connectivity index (χ3v) is 4.54. The lowest BCUT2D eigenvalue weighted by molar-refractivity contribution is -0.138. The number of carbonyl (C=O) groups excluding carboxylic acids is 1. The van der Waals surface area contributed by atoms with Crippen molar-refractivity contribution in [2.45, 2.75) is 25.6 Å². The summed E-state index contributed by atoms with van der Waals surface area (Å²) in [6.07, 6.45) is 2.03. The summed E-state index contributed by atoms with van der Waals surface area (Å²) in [6, 6.07) is 2.44. The molecule has 0 saturated carbocycles. The summed E-state index contributed by atoms with van der Waals surface area (Å²) >= 11 is 0. The summed E-state index contributed by atoms with van der Waals surface area (Å²) in [4.78, 5) is 24.0. The molecule has 3 heterocycles. The summed E-state index contributed by atoms with van der Waals surface area (Å²) in [6.45, 7) is 4.10. The summed E-state index contributed by atoms with van der Waals surface area (Å²) in [5.74, 6) is 0.558. The first-order valence-corrected chi connectivity index (χ1v) is 8.38. The highest BCUT2D eigenvalue weighted by atomic mass is 19.4. The standard InChI is InChI=1S/C17H20F3N5O/c1-13(25-5-4-21-12-25)10-16(26)24-8-6-23(7-9-24)15-3-2-14(11-22-15)17(18,19)20/h2-5,11-13H,6-10H2,1H3/t13-/m0/s1. The molecule has 1 aliphatic rings. The van der Waals surface area contributed by atoms with E-state index in [1.54, 1.807) is 17.4 Å². The summed E-state index contributed by atoms with van der Waals surface area (Å²) in [5.41, 5.74) is -0.761. The molecule has 26 heavy (non-hydrogen) atoms. The van der Waals surface area contributed by atoms with E-state index in [4.69, 9.17) is 0 Å². The van der Waals surface area contributed by atoms with Gasteiger partial charge in [-0.15, -0.1) is 0 Å². The number of rotatable bonds is 4. The number of hydrogen-bond donors (Lipinski definition) is 0. The first-order valence-electron chi connectivity index (χ1n) is 8.38. The van der Waals surface area contributed by atoms with Crippen molar-refractivity contribution in [3.63, 3.8) is 0 Å². The Morgan fingerprint density at radius 2 is 1.96 bits per heavy atom. The van der Waals surface area contributed by atoms with Crippen molar-refractivity contribution in [1.82, 2.24) is 19.4 Å². The molecule has 3 rings (SSSR count). The van der Waals surface area contributed by atoms with E-state index < -0.39 is 11.7 Å². The fourth-order valence-corrected chi connectivity index (χ4v) is 2.94. The molecule has 0 radical (unpaired) electrons. The minimum atomic E-state index is -4.39. The number of nitrogens with zero attached hydrogens (tertiary/aromatic N) is 5. The van der Waals surface area contributed by atoms with Crippen molar-refractivity contribution in [2.75, 3.05) is 31.1 Å². The lowest BCUT2D eigenvalue weighted by Crippen LogP contribution is -2.49. The van der Waals surface area contributed by atoms with Crippen LogP contribution in [0.15, 0.2) is 37.1 Å². The number of amides is 1. The number of piperazine rings is 1. The van der Waals surface area contributed by atoms with E-state index in [1.165, 1.54) is 6.07 Å². The number of alkyl halides is 3. The van der Waals surface area contributed by atoms with Crippen molar-refractivity contribution in [1.29, 1.82) is 0 Å². The molecule has 0 N–H and O–H groups in total. The molecule has 0 aromatic carbocycles. The van der Waals surface area contributed by atoms with E-state index in [-0.39, 0.29) is 11.9 Å². The molecule has 1 aliphatic heterocycles. The Bertz CT molecular complexity index is 722. The molecule has 2 aromatic rings. The van der Waals surface area contributed by atoms with E-state index in [0.717, 1.165) is 12.3 Å². The third kappa shape index (κ3) is 4.14. The van der Waals surface area contributed by atoms with Gasteiger partial charge in [0.05, 0.1) is 11.9 Å². The Labute approximate surface area is 149 Å². The summed E-state index contributed by atoms with van der Waals surface area (Å²) in [5, 5.41) is 0. The van der Waals surface area contributed by atoms with Crippen LogP contribution in [0.5, 0.6) is 0 Å². The second-order valence-electron chi connectivity index (χ2n) is 6.33. The SMILES string of the molecule is C[C@@H](CC(=O)N1CCN(c2ccc(C(F)(F)F)cn2)CC1)n1ccnc1. The molecule has 140 valence electrons. The molecule has 9 heteroatoms. The van der Waals surface area contributed by atoms with E-state index in [0.29, 0.717) is 38.4 Å². The van der Waals surface area contributed by atoms with Crippen LogP contribution in [0.3, 0.4) is 0 Å². The predicted octanol–water partition coefficient (Wildman–Crippen LogP) is 2.60. The van der Waals surface area contributed by atoms with Crippen molar-refractivity contribution in [3.05, 3.63) is 42.6 Å². The lowest BCUT2D eigenvalue weighted by Gasteiger charge is -2.36. The fraction of sp³-hybridized carbons (Fsp3) is 0.471. The Hall–Kier alpha value is -2.58. The van der Waals surface area contributed by atoms with Crippen LogP contribution in [0.2, 0.25) is 0 Å². The maximum Gasteiger partial charge on any atom is 0.417 e. The average molecular weight is 367 g/mol. The van der Waals surface area contributed by atoms with Gasteiger partial charge in [-0.1, -0.05) is 0 Å². The second kappa shape index (κ2) is 7.35. The van der Waals surface area contributed by atoms with Crippen LogP contribution in [0.25, 0.3) is 0 Å². The van der Waals surface area contributed by atoms with Crippen LogP contribution >= 0.6 is 0 Å². The Kier molecular flexibility index (Phi) is 5.15. The third-order valence-electron chi connectivity index (χ3n) is 4.54. The summed E-state index contributed by atoms with van der Waals surface area (Å²) in [7, 11) is 0. The smallest absolute Gasteiger partial charge is 0.353 e. The van der Waals surface area contributed by atoms with Gasteiger partial charge in [0.15, 0.2) is 0 Å². The molecule has 2 aromatic heterocycles. The average Bonchev–Trinajstić information content (AvgIpc) is 3.16. The second-order valence-corrected chi connectivity index (χ2v) is 6.33. The largest absolute Gasteiger partial charge is 0.417 e. The maximum atomic E-state index is 12.6. The monoisotopic (exact) mass is 367 g/mol. The van der Waals surface area contributed by atoms with Crippen LogP contribution in [0, 0.1) is 0 Å². The summed E-state index contributed by atoms with van der Waals surface area (Å²) < 4.78 is 39.7. The van der Waals surface area contributed by atoms with Crippen LogP contribution in [0.1, 0.15) is 24.9 Å². The molecule has 1 atom stereocenters. The Balaban J connectivity index is 1.53. The predicted molar refractivity (Wildman–Crippen MR) is 89.6 cm³/mol. The molecule has 1 saturated heterocycles. The van der Waals surface area contributed by atoms with Gasteiger partial charge in [-0.25, -0.2) is 9.97 Å². The molecular formula is C17H20F3N5O. The quantitative estimate of drug-likeness (QED) is 0.834. The number of aromatic nitrogens is 3. The number of halogens is 3. The van der Waals surface area contributed by atoms with E-state index in [2.05, 4.69) is 9.97 Å². The molecule has 0 unspecified atom stereocenters. The van der Waals surface area contributed by atoms with E-state index >= 15 is 0 Å². The number of imidazole rings is 1. The molecule has 0 bridgehead atoms. The molecule has 1 fully saturated rings. The molecular weight excluding hydrogens is 347 g/mol. The van der Waals surface area contributed by atoms with Crippen LogP contribution < -0.4 is 4.90 Å². The molecule has 0 spiro atoms. The van der Waals surface area contributed by atoms with Crippen molar-refractivity contribution in [2.24, 2.45) is 0 Å². The highest BCUT2D eigenvalue weighted by molar-refractivity contribution is 5.77. The zero-order valence-corrected chi connectivity index (χ0v) is 14.4. The normalized spacial score (nSPS) is 16.6. The highest BCUT2D eigenvalue weighted by Gasteiger charge is 2.31. The molecule has 1 amide bonds. The van der Waals surface area contributed by atoms with E-state index in [9.17, 15) is 18.0 Å². The number of pyridine rings is 1. The number of carbonyl (C=O) groups is 1. The van der Waals surface area contributed by atoms with Crippen LogP contribution in [0.4, 0.5) is 19.0 Å². The minimum Gasteiger partial charge on any atom is -0.353 e. The Morgan fingerprint density at radius 3 is 2.50 bits per heavy atom. The van der Waals surface area contributed by atoms with Crippen LogP contribution in [-0.2, 0) is 11.0 Å². The Morgan fingerprint density at radius 1 is 1.23 bits per heavy atom. The first kappa shape index (κ1) is 18.2. The fourth-order valence-electron chi connectivity index (χ4n) is 2.94. The zero-order chi connectivity index (χ0) is 18.7. The molecule has 0 aliphatic carbocycles. The topological polar surface area (TPSA) is 54.3 Å². The van der Waals surface area contributed by atoms with Gasteiger partial charge in [0.2, 0.25) is 5.91 Å². The van der Waals surface area contributed by atoms with Gasteiger partial charge in [0.25, 0.3) is 0 Å². The first-order chi connectivity index (χ1) is 12.3. The van der Waals surface area contributed by atoms with Crippen molar-refractivity contribution < 1.29 is 18.0 Å². The van der Waals surface area contributed by atoms with Gasteiger partial charge in [-0.2, -0.15) is 13.2 Å². The number of anilines is 1. The maximum absolute atomic E-state index is 12.6. The lowest BCUT2D eigenvalue weighted by atomic mass is 10.2. The van der Waals surface area contributed by atoms with Gasteiger partial charge < -0.3 is 14.4 Å². The van der Waals surface area contributed by atoms with Crippen LogP contribution in [-0.4, -0.2) is 51.5 Å².